The zero-order valence-electron chi connectivity index (χ0n) is 17.4. The summed E-state index contributed by atoms with van der Waals surface area (Å²) in [5, 5.41) is 15.3. The average Bonchev–Trinajstić information content (AvgIpc) is 3.28. The minimum Gasteiger partial charge on any atom is -0.466 e. The zero-order valence-corrected chi connectivity index (χ0v) is 17.4. The molecule has 0 aromatic rings. The fourth-order valence-electron chi connectivity index (χ4n) is 4.02. The summed E-state index contributed by atoms with van der Waals surface area (Å²) in [6, 6.07) is 0. The second kappa shape index (κ2) is 8.56. The Bertz CT molecular complexity index is 674. The van der Waals surface area contributed by atoms with Crippen LogP contribution >= 0.6 is 0 Å². The highest BCUT2D eigenvalue weighted by atomic mass is 16.6. The maximum atomic E-state index is 12.7. The van der Waals surface area contributed by atoms with Gasteiger partial charge in [-0.15, -0.1) is 0 Å². The number of nitrogens with one attached hydrogen (secondary N) is 2. The van der Waals surface area contributed by atoms with Gasteiger partial charge in [0.25, 0.3) is 0 Å². The van der Waals surface area contributed by atoms with Crippen molar-refractivity contribution in [1.29, 1.82) is 0 Å². The largest absolute Gasteiger partial charge is 0.466 e. The molecule has 0 aromatic heterocycles. The van der Waals surface area contributed by atoms with Crippen LogP contribution in [-0.4, -0.2) is 66.0 Å². The molecule has 0 saturated heterocycles. The van der Waals surface area contributed by atoms with E-state index in [0.717, 1.165) is 0 Å². The number of carbonyl (C=O) groups is 4. The summed E-state index contributed by atoms with van der Waals surface area (Å²) < 4.78 is 15.2. The molecule has 29 heavy (non-hydrogen) atoms. The lowest BCUT2D eigenvalue weighted by Gasteiger charge is -2.31. The fraction of sp³-hybridized carbons (Fsp3) is 0.789. The molecular formula is C19H30N2O8. The van der Waals surface area contributed by atoms with Gasteiger partial charge in [0.1, 0.15) is 17.7 Å². The van der Waals surface area contributed by atoms with E-state index in [1.807, 2.05) is 0 Å². The highest BCUT2D eigenvalue weighted by molar-refractivity contribution is 5.93. The van der Waals surface area contributed by atoms with E-state index >= 15 is 0 Å². The SMILES string of the molecule is CCOC(=O)[C@H]1[C@H]2[C@@H]1[C@](NC(=O)CNC(=O)OC(C)(C)C)(C(=O)OCC)C[C@@H]2O. The highest BCUT2D eigenvalue weighted by Gasteiger charge is 2.76. The monoisotopic (exact) mass is 414 g/mol. The second-order valence-corrected chi connectivity index (χ2v) is 8.25. The number of amides is 2. The van der Waals surface area contributed by atoms with Gasteiger partial charge >= 0.3 is 18.0 Å². The van der Waals surface area contributed by atoms with Crippen LogP contribution in [0.2, 0.25) is 0 Å². The smallest absolute Gasteiger partial charge is 0.408 e. The van der Waals surface area contributed by atoms with E-state index in [4.69, 9.17) is 14.2 Å². The van der Waals surface area contributed by atoms with Gasteiger partial charge < -0.3 is 30.0 Å². The number of ether oxygens (including phenoxy) is 3. The molecule has 2 aliphatic rings. The first-order chi connectivity index (χ1) is 13.5. The number of fused-ring (bicyclic) bond motifs is 1. The second-order valence-electron chi connectivity index (χ2n) is 8.25. The number of aliphatic hydroxyl groups is 1. The van der Waals surface area contributed by atoms with Gasteiger partial charge in [0.2, 0.25) is 5.91 Å². The predicted molar refractivity (Wildman–Crippen MR) is 99.5 cm³/mol. The molecule has 0 radical (unpaired) electrons. The van der Waals surface area contributed by atoms with Crippen molar-refractivity contribution in [2.75, 3.05) is 19.8 Å². The van der Waals surface area contributed by atoms with E-state index in [1.54, 1.807) is 34.6 Å². The normalized spacial score (nSPS) is 30.0. The lowest BCUT2D eigenvalue weighted by molar-refractivity contribution is -0.156. The summed E-state index contributed by atoms with van der Waals surface area (Å²) in [5.41, 5.74) is -2.28. The fourth-order valence-corrected chi connectivity index (χ4v) is 4.02. The molecule has 10 heteroatoms. The van der Waals surface area contributed by atoms with Gasteiger partial charge in [0.05, 0.1) is 25.2 Å². The molecule has 2 amide bonds. The van der Waals surface area contributed by atoms with E-state index in [9.17, 15) is 24.3 Å². The van der Waals surface area contributed by atoms with Crippen LogP contribution in [0.4, 0.5) is 4.79 Å². The number of hydrogen-bond acceptors (Lipinski definition) is 8. The number of aliphatic hydroxyl groups excluding tert-OH is 1. The molecule has 0 unspecified atom stereocenters. The van der Waals surface area contributed by atoms with Gasteiger partial charge in [-0.2, -0.15) is 0 Å². The first kappa shape index (κ1) is 22.9. The molecule has 164 valence electrons. The Labute approximate surface area is 169 Å². The van der Waals surface area contributed by atoms with Crippen molar-refractivity contribution in [3.8, 4) is 0 Å². The Morgan fingerprint density at radius 1 is 1.10 bits per heavy atom. The minimum absolute atomic E-state index is 0.0736. The Balaban J connectivity index is 2.11. The first-order valence-electron chi connectivity index (χ1n) is 9.76. The molecular weight excluding hydrogens is 384 g/mol. The van der Waals surface area contributed by atoms with E-state index in [1.165, 1.54) is 0 Å². The van der Waals surface area contributed by atoms with Crippen molar-refractivity contribution < 1.29 is 38.5 Å². The zero-order chi connectivity index (χ0) is 22.0. The third-order valence-electron chi connectivity index (χ3n) is 4.97. The van der Waals surface area contributed by atoms with Gasteiger partial charge in [-0.1, -0.05) is 0 Å². The summed E-state index contributed by atoms with van der Waals surface area (Å²) in [5.74, 6) is -3.70. The maximum Gasteiger partial charge on any atom is 0.408 e. The number of alkyl carbamates (subject to hydrolysis) is 1. The van der Waals surface area contributed by atoms with Gasteiger partial charge in [-0.05, 0) is 34.6 Å². The number of carbonyl (C=O) groups excluding carboxylic acids is 4. The third-order valence-corrected chi connectivity index (χ3v) is 4.97. The van der Waals surface area contributed by atoms with Crippen molar-refractivity contribution >= 4 is 23.9 Å². The van der Waals surface area contributed by atoms with Crippen LogP contribution in [0.25, 0.3) is 0 Å². The van der Waals surface area contributed by atoms with E-state index < -0.39 is 65.5 Å². The molecule has 3 N–H and O–H groups in total. The number of hydrogen-bond donors (Lipinski definition) is 3. The van der Waals surface area contributed by atoms with Crippen molar-refractivity contribution in [3.63, 3.8) is 0 Å². The summed E-state index contributed by atoms with van der Waals surface area (Å²) in [6.45, 7) is 8.15. The summed E-state index contributed by atoms with van der Waals surface area (Å²) in [7, 11) is 0. The molecule has 2 saturated carbocycles. The molecule has 0 heterocycles. The Kier molecular flexibility index (Phi) is 6.77. The molecule has 0 bridgehead atoms. The first-order valence-corrected chi connectivity index (χ1v) is 9.76. The van der Waals surface area contributed by atoms with E-state index in [2.05, 4.69) is 10.6 Å². The predicted octanol–water partition coefficient (Wildman–Crippen LogP) is 0.119. The number of esters is 2. The molecule has 2 aliphatic carbocycles. The van der Waals surface area contributed by atoms with Gasteiger partial charge in [-0.3, -0.25) is 9.59 Å². The Hall–Kier alpha value is -2.36. The molecule has 0 aromatic carbocycles. The number of rotatable bonds is 7. The lowest BCUT2D eigenvalue weighted by Crippen LogP contribution is -2.59. The third kappa shape index (κ3) is 4.98. The van der Waals surface area contributed by atoms with E-state index in [-0.39, 0.29) is 19.6 Å². The molecule has 2 rings (SSSR count). The van der Waals surface area contributed by atoms with Crippen molar-refractivity contribution in [3.05, 3.63) is 0 Å². The van der Waals surface area contributed by atoms with Crippen LogP contribution in [-0.2, 0) is 28.6 Å². The summed E-state index contributed by atoms with van der Waals surface area (Å²) >= 11 is 0. The summed E-state index contributed by atoms with van der Waals surface area (Å²) in [6.07, 6.45) is -1.81. The average molecular weight is 414 g/mol. The van der Waals surface area contributed by atoms with Gasteiger partial charge in [-0.25, -0.2) is 9.59 Å². The van der Waals surface area contributed by atoms with Crippen LogP contribution < -0.4 is 10.6 Å². The van der Waals surface area contributed by atoms with Crippen LogP contribution in [0.1, 0.15) is 41.0 Å². The van der Waals surface area contributed by atoms with Crippen LogP contribution in [0.3, 0.4) is 0 Å². The van der Waals surface area contributed by atoms with E-state index in [0.29, 0.717) is 0 Å². The van der Waals surface area contributed by atoms with Gasteiger partial charge in [0, 0.05) is 18.3 Å². The quantitative estimate of drug-likeness (QED) is 0.394. The topological polar surface area (TPSA) is 140 Å². The van der Waals surface area contributed by atoms with Crippen LogP contribution in [0.15, 0.2) is 0 Å². The minimum atomic E-state index is -1.55. The highest BCUT2D eigenvalue weighted by Crippen LogP contribution is 2.63. The van der Waals surface area contributed by atoms with Crippen molar-refractivity contribution in [1.82, 2.24) is 10.6 Å². The van der Waals surface area contributed by atoms with Gasteiger partial charge in [0.15, 0.2) is 0 Å². The molecule has 2 fully saturated rings. The molecule has 10 nitrogen and oxygen atoms in total. The lowest BCUT2D eigenvalue weighted by atomic mass is 9.89. The standard InChI is InChI=1S/C19H30N2O8/c1-6-27-15(24)13-12-10(22)8-19(14(12)13,16(25)28-7-2)21-11(23)9-20-17(26)29-18(3,4)5/h10,12-14,22H,6-9H2,1-5H3,(H,20,26)(H,21,23)/t10-,12-,13-,14-,19-/m0/s1. The molecule has 5 atom stereocenters. The Morgan fingerprint density at radius 2 is 1.72 bits per heavy atom. The molecule has 0 aliphatic heterocycles. The molecule has 0 spiro atoms. The van der Waals surface area contributed by atoms with Crippen LogP contribution in [0.5, 0.6) is 0 Å². The Morgan fingerprint density at radius 3 is 2.28 bits per heavy atom. The van der Waals surface area contributed by atoms with Crippen molar-refractivity contribution in [2.24, 2.45) is 17.8 Å². The van der Waals surface area contributed by atoms with Crippen molar-refractivity contribution in [2.45, 2.75) is 58.3 Å². The maximum absolute atomic E-state index is 12.7. The van der Waals surface area contributed by atoms with Crippen LogP contribution in [0, 0.1) is 17.8 Å². The summed E-state index contributed by atoms with van der Waals surface area (Å²) in [4.78, 5) is 49.1.